The maximum absolute atomic E-state index is 13.1. The van der Waals surface area contributed by atoms with Gasteiger partial charge in [-0.2, -0.15) is 0 Å². The second-order valence-corrected chi connectivity index (χ2v) is 30.6. The quantitative estimate of drug-likeness (QED) is 0.0169. The van der Waals surface area contributed by atoms with Gasteiger partial charge in [0.05, 0.1) is 26.4 Å². The third kappa shape index (κ3) is 79.0. The molecule has 2 unspecified atom stereocenters. The number of hydrogen-bond donors (Lipinski definition) is 3. The fraction of sp³-hybridized carbons (Fsp3) is 0.685. The number of rotatable bonds is 78. The summed E-state index contributed by atoms with van der Waals surface area (Å²) in [6.45, 7) is 4.57. The summed E-state index contributed by atoms with van der Waals surface area (Å²) in [5.74, 6) is -2.25. The highest BCUT2D eigenvalue weighted by atomic mass is 31.2. The Bertz CT molecular complexity index is 2610. The van der Waals surface area contributed by atoms with Gasteiger partial charge < -0.3 is 33.8 Å². The van der Waals surface area contributed by atoms with Crippen molar-refractivity contribution >= 4 is 39.5 Å². The second-order valence-electron chi connectivity index (χ2n) is 27.6. The molecule has 0 radical (unpaired) electrons. The number of esters is 4. The molecular formula is C89H150O17P2. The zero-order chi connectivity index (χ0) is 78.9. The van der Waals surface area contributed by atoms with Gasteiger partial charge in [-0.15, -0.1) is 0 Å². The normalized spacial score (nSPS) is 14.5. The van der Waals surface area contributed by atoms with Gasteiger partial charge in [0, 0.05) is 25.7 Å². The number of phosphoric ester groups is 2. The molecule has 0 aliphatic carbocycles. The topological polar surface area (TPSA) is 237 Å². The Balaban J connectivity index is 5.45. The minimum absolute atomic E-state index is 0.0436. The average molecular weight is 1550 g/mol. The number of unbranched alkanes of at least 4 members (excludes halogenated alkanes) is 28. The van der Waals surface area contributed by atoms with Crippen molar-refractivity contribution < 1.29 is 80.2 Å². The fourth-order valence-electron chi connectivity index (χ4n) is 10.9. The van der Waals surface area contributed by atoms with Crippen LogP contribution in [0.25, 0.3) is 0 Å². The Morgan fingerprint density at radius 3 is 0.759 bits per heavy atom. The molecule has 108 heavy (non-hydrogen) atoms. The van der Waals surface area contributed by atoms with Gasteiger partial charge in [-0.1, -0.05) is 289 Å². The van der Waals surface area contributed by atoms with E-state index in [0.717, 1.165) is 193 Å². The molecule has 17 nitrogen and oxygen atoms in total. The van der Waals surface area contributed by atoms with Gasteiger partial charge in [-0.3, -0.25) is 37.3 Å². The Morgan fingerprint density at radius 2 is 0.481 bits per heavy atom. The summed E-state index contributed by atoms with van der Waals surface area (Å²) in [6.07, 6.45) is 92.4. The highest BCUT2D eigenvalue weighted by molar-refractivity contribution is 7.47. The van der Waals surface area contributed by atoms with E-state index in [0.29, 0.717) is 25.7 Å². The van der Waals surface area contributed by atoms with E-state index in [1.54, 1.807) is 0 Å². The summed E-state index contributed by atoms with van der Waals surface area (Å²) < 4.78 is 68.7. The summed E-state index contributed by atoms with van der Waals surface area (Å²) in [7, 11) is -9.99. The van der Waals surface area contributed by atoms with E-state index in [4.69, 9.17) is 37.0 Å². The van der Waals surface area contributed by atoms with Crippen molar-refractivity contribution in [2.45, 2.75) is 354 Å². The molecular weight excluding hydrogens is 1400 g/mol. The van der Waals surface area contributed by atoms with Crippen LogP contribution in [0.15, 0.2) is 146 Å². The maximum atomic E-state index is 13.1. The van der Waals surface area contributed by atoms with E-state index in [1.165, 1.54) is 64.2 Å². The zero-order valence-corrected chi connectivity index (χ0v) is 69.5. The highest BCUT2D eigenvalue weighted by Gasteiger charge is 2.30. The molecule has 0 aromatic rings. The molecule has 0 aliphatic heterocycles. The lowest BCUT2D eigenvalue weighted by Crippen LogP contribution is -2.30. The smallest absolute Gasteiger partial charge is 0.462 e. The van der Waals surface area contributed by atoms with Crippen LogP contribution >= 0.6 is 15.6 Å². The van der Waals surface area contributed by atoms with Crippen molar-refractivity contribution in [3.63, 3.8) is 0 Å². The summed E-state index contributed by atoms with van der Waals surface area (Å²) >= 11 is 0. The lowest BCUT2D eigenvalue weighted by Gasteiger charge is -2.21. The van der Waals surface area contributed by atoms with Gasteiger partial charge in [0.1, 0.15) is 19.3 Å². The average Bonchev–Trinajstić information content (AvgIpc) is 0.896. The van der Waals surface area contributed by atoms with Crippen LogP contribution in [-0.4, -0.2) is 96.7 Å². The number of aliphatic hydroxyl groups is 1. The Hall–Kier alpha value is -5.06. The van der Waals surface area contributed by atoms with Crippen LogP contribution in [0.1, 0.15) is 336 Å². The van der Waals surface area contributed by atoms with Gasteiger partial charge in [0.2, 0.25) is 0 Å². The zero-order valence-electron chi connectivity index (χ0n) is 67.7. The van der Waals surface area contributed by atoms with E-state index >= 15 is 0 Å². The first-order valence-electron chi connectivity index (χ1n) is 42.1. The van der Waals surface area contributed by atoms with Crippen molar-refractivity contribution in [2.24, 2.45) is 0 Å². The monoisotopic (exact) mass is 1550 g/mol. The molecule has 0 aliphatic rings. The summed E-state index contributed by atoms with van der Waals surface area (Å²) in [6, 6.07) is 0. The number of allylic oxidation sites excluding steroid dienone is 24. The molecule has 0 aromatic heterocycles. The lowest BCUT2D eigenvalue weighted by molar-refractivity contribution is -0.161. The summed E-state index contributed by atoms with van der Waals surface area (Å²) in [4.78, 5) is 73.2. The number of ether oxygens (including phenoxy) is 4. The van der Waals surface area contributed by atoms with Crippen LogP contribution in [0, 0.1) is 0 Å². The molecule has 0 saturated heterocycles. The van der Waals surface area contributed by atoms with E-state index in [-0.39, 0.29) is 25.7 Å². The third-order valence-electron chi connectivity index (χ3n) is 17.3. The molecule has 618 valence electrons. The molecule has 0 bridgehead atoms. The minimum Gasteiger partial charge on any atom is -0.462 e. The van der Waals surface area contributed by atoms with Crippen molar-refractivity contribution in [3.05, 3.63) is 146 Å². The molecule has 0 aromatic carbocycles. The van der Waals surface area contributed by atoms with Crippen LogP contribution < -0.4 is 0 Å². The van der Waals surface area contributed by atoms with E-state index < -0.39 is 97.5 Å². The molecule has 5 atom stereocenters. The number of hydrogen-bond acceptors (Lipinski definition) is 15. The predicted molar refractivity (Wildman–Crippen MR) is 445 cm³/mol. The Labute approximate surface area is 656 Å². The highest BCUT2D eigenvalue weighted by Crippen LogP contribution is 2.45. The van der Waals surface area contributed by atoms with Gasteiger partial charge in [-0.25, -0.2) is 9.13 Å². The summed E-state index contributed by atoms with van der Waals surface area (Å²) in [5.41, 5.74) is 0. The van der Waals surface area contributed by atoms with Gasteiger partial charge in [0.15, 0.2) is 12.2 Å². The van der Waals surface area contributed by atoms with E-state index in [1.807, 2.05) is 0 Å². The molecule has 0 heterocycles. The molecule has 0 spiro atoms. The van der Waals surface area contributed by atoms with Crippen LogP contribution in [-0.2, 0) is 65.4 Å². The minimum atomic E-state index is -5.00. The van der Waals surface area contributed by atoms with Gasteiger partial charge >= 0.3 is 39.5 Å². The molecule has 0 amide bonds. The second kappa shape index (κ2) is 80.0. The molecule has 3 N–H and O–H groups in total. The molecule has 0 rings (SSSR count). The fourth-order valence-corrected chi connectivity index (χ4v) is 12.5. The van der Waals surface area contributed by atoms with E-state index in [9.17, 15) is 43.2 Å². The van der Waals surface area contributed by atoms with Gasteiger partial charge in [0.25, 0.3) is 0 Å². The van der Waals surface area contributed by atoms with Crippen molar-refractivity contribution in [3.8, 4) is 0 Å². The van der Waals surface area contributed by atoms with E-state index in [2.05, 4.69) is 174 Å². The first-order valence-corrected chi connectivity index (χ1v) is 45.1. The van der Waals surface area contributed by atoms with Crippen LogP contribution in [0.2, 0.25) is 0 Å². The van der Waals surface area contributed by atoms with Crippen LogP contribution in [0.3, 0.4) is 0 Å². The number of phosphoric acid groups is 2. The maximum Gasteiger partial charge on any atom is 0.472 e. The first-order chi connectivity index (χ1) is 52.7. The molecule has 0 fully saturated rings. The molecule has 0 saturated carbocycles. The van der Waals surface area contributed by atoms with Gasteiger partial charge in [-0.05, 0) is 167 Å². The van der Waals surface area contributed by atoms with Crippen LogP contribution in [0.5, 0.6) is 0 Å². The SMILES string of the molecule is CC/C=C\C/C=C\C/C=C\C/C=C\C/C=C\CCCCCC(=O)OC[C@H](COP(=O)(O)OC[C@@H](O)COP(=O)(O)OC[C@@H](COC(=O)CCCCCCCCC/C=C\CCCCCC)OC(=O)CCCCCCCCC/C=C\CCCCCC)OC(=O)CCCCC/C=C\C/C=C\C/C=C\C/C=C\C/C=C\CC. The molecule has 19 heteroatoms. The van der Waals surface area contributed by atoms with Crippen molar-refractivity contribution in [1.29, 1.82) is 0 Å². The standard InChI is InChI=1S/C89H150O17P2/c1-5-9-13-17-21-25-29-33-37-39-41-43-47-50-54-58-62-66-70-74-87(92)100-80-85(106-89(94)76-72-68-64-60-56-52-48-44-42-40-38-34-30-26-22-18-14-10-6-2)82-104-108(97,98)102-78-83(90)77-101-107(95,96)103-81-84(105-88(93)75-71-67-63-59-55-51-46-36-32-28-24-20-16-12-8-4)79-99-86(91)73-69-65-61-57-53-49-45-35-31-27-23-19-15-11-7-3/h9-10,13-14,21-22,25-28,31-34,37-38,41-44,50,52,54,56,83-85,90H,5-8,11-12,15-20,23-24,29-30,35-36,39-40,45-49,51,53,55,57-82H2,1-4H3,(H,95,96)(H,97,98)/b13-9-,14-10-,25-21-,26-22-,31-27-,32-28-,37-33-,38-34-,43-41-,44-42-,54-50-,56-52-/t83-,84+,85+/m0/s1. The predicted octanol–water partition coefficient (Wildman–Crippen LogP) is 25.0. The van der Waals surface area contributed by atoms with Crippen LogP contribution in [0.4, 0.5) is 0 Å². The Kier molecular flexibility index (Phi) is 76.3. The number of aliphatic hydroxyl groups excluding tert-OH is 1. The third-order valence-corrected chi connectivity index (χ3v) is 19.2. The largest absolute Gasteiger partial charge is 0.472 e. The first kappa shape index (κ1) is 103. The lowest BCUT2D eigenvalue weighted by atomic mass is 10.1. The number of carbonyl (C=O) groups is 4. The van der Waals surface area contributed by atoms with Crippen molar-refractivity contribution in [1.82, 2.24) is 0 Å². The number of carbonyl (C=O) groups excluding carboxylic acids is 4. The summed E-state index contributed by atoms with van der Waals surface area (Å²) in [5, 5.41) is 10.7. The Morgan fingerprint density at radius 1 is 0.269 bits per heavy atom. The van der Waals surface area contributed by atoms with Crippen molar-refractivity contribution in [2.75, 3.05) is 39.6 Å².